The highest BCUT2D eigenvalue weighted by Gasteiger charge is 2.26. The van der Waals surface area contributed by atoms with Crippen molar-refractivity contribution in [2.75, 3.05) is 0 Å². The molecule has 0 bridgehead atoms. The average molecular weight is 351 g/mol. The van der Waals surface area contributed by atoms with Gasteiger partial charge in [0.2, 0.25) is 0 Å². The van der Waals surface area contributed by atoms with Gasteiger partial charge in [0.05, 0.1) is 5.69 Å². The lowest BCUT2D eigenvalue weighted by molar-refractivity contribution is 0.587. The predicted octanol–water partition coefficient (Wildman–Crippen LogP) is 3.89. The van der Waals surface area contributed by atoms with Crippen LogP contribution in [0.2, 0.25) is 5.15 Å². The summed E-state index contributed by atoms with van der Waals surface area (Å²) in [5.41, 5.74) is 0.877. The van der Waals surface area contributed by atoms with Crippen molar-refractivity contribution >= 4 is 21.6 Å². The molecule has 0 saturated heterocycles. The predicted molar refractivity (Wildman–Crippen MR) is 86.4 cm³/mol. The molecule has 0 fully saturated rings. The molecule has 0 unspecified atom stereocenters. The fourth-order valence-corrected chi connectivity index (χ4v) is 4.12. The van der Waals surface area contributed by atoms with Crippen LogP contribution >= 0.6 is 11.6 Å². The number of hydrogen-bond donors (Lipinski definition) is 0. The Morgan fingerprint density at radius 1 is 1.17 bits per heavy atom. The fraction of sp³-hybridized carbons (Fsp3) is 0.0625. The lowest BCUT2D eigenvalue weighted by Gasteiger charge is -2.12. The van der Waals surface area contributed by atoms with E-state index in [4.69, 9.17) is 11.6 Å². The molecule has 0 saturated carbocycles. The number of rotatable bonds is 3. The van der Waals surface area contributed by atoms with Gasteiger partial charge < -0.3 is 0 Å². The second-order valence-corrected chi connectivity index (χ2v) is 7.09. The van der Waals surface area contributed by atoms with Crippen molar-refractivity contribution in [1.82, 2.24) is 8.96 Å². The topological polar surface area (TPSA) is 52.0 Å². The minimum atomic E-state index is -3.99. The number of aryl methyl sites for hydroxylation is 1. The molecule has 0 amide bonds. The summed E-state index contributed by atoms with van der Waals surface area (Å²) in [7, 11) is -3.99. The lowest BCUT2D eigenvalue weighted by Crippen LogP contribution is -2.15. The van der Waals surface area contributed by atoms with Gasteiger partial charge in [-0.25, -0.2) is 16.8 Å². The zero-order valence-corrected chi connectivity index (χ0v) is 13.6. The van der Waals surface area contributed by atoms with Crippen LogP contribution in [0.15, 0.2) is 59.8 Å². The van der Waals surface area contributed by atoms with Crippen molar-refractivity contribution in [2.24, 2.45) is 0 Å². The van der Waals surface area contributed by atoms with Gasteiger partial charge in [0.1, 0.15) is 15.9 Å². The number of benzene rings is 1. The molecule has 1 aromatic carbocycles. The third kappa shape index (κ3) is 2.64. The number of halogens is 2. The first-order valence-corrected chi connectivity index (χ1v) is 8.53. The van der Waals surface area contributed by atoms with Gasteiger partial charge in [-0.05, 0) is 42.8 Å². The summed E-state index contributed by atoms with van der Waals surface area (Å²) in [5, 5.41) is 0.0205. The molecular weight excluding hydrogens is 339 g/mol. The van der Waals surface area contributed by atoms with E-state index < -0.39 is 15.8 Å². The first kappa shape index (κ1) is 15.7. The van der Waals surface area contributed by atoms with Crippen molar-refractivity contribution in [2.45, 2.75) is 11.8 Å². The Kier molecular flexibility index (Phi) is 3.95. The Morgan fingerprint density at radius 3 is 2.57 bits per heavy atom. The Balaban J connectivity index is 2.31. The monoisotopic (exact) mass is 350 g/mol. The summed E-state index contributed by atoms with van der Waals surface area (Å²) >= 11 is 6.19. The van der Waals surface area contributed by atoms with Gasteiger partial charge >= 0.3 is 0 Å². The molecule has 0 aliphatic heterocycles. The lowest BCUT2D eigenvalue weighted by atomic mass is 10.1. The number of nitrogens with zero attached hydrogens (tertiary/aromatic N) is 2. The highest BCUT2D eigenvalue weighted by Crippen LogP contribution is 2.33. The Morgan fingerprint density at radius 2 is 1.91 bits per heavy atom. The molecule has 118 valence electrons. The van der Waals surface area contributed by atoms with Crippen LogP contribution in [0.1, 0.15) is 5.56 Å². The second-order valence-electron chi connectivity index (χ2n) is 4.94. The van der Waals surface area contributed by atoms with Gasteiger partial charge in [-0.3, -0.25) is 4.98 Å². The van der Waals surface area contributed by atoms with Crippen molar-refractivity contribution in [3.8, 4) is 11.3 Å². The van der Waals surface area contributed by atoms with E-state index in [1.165, 1.54) is 42.7 Å². The largest absolute Gasteiger partial charge is 0.270 e. The minimum absolute atomic E-state index is 0.0184. The maximum absolute atomic E-state index is 14.1. The first-order valence-electron chi connectivity index (χ1n) is 6.71. The van der Waals surface area contributed by atoms with Gasteiger partial charge in [0.25, 0.3) is 10.0 Å². The molecule has 0 radical (unpaired) electrons. The third-order valence-electron chi connectivity index (χ3n) is 3.40. The van der Waals surface area contributed by atoms with E-state index in [0.717, 1.165) is 3.97 Å². The molecule has 2 heterocycles. The van der Waals surface area contributed by atoms with Gasteiger partial charge in [-0.2, -0.15) is 0 Å². The zero-order valence-electron chi connectivity index (χ0n) is 12.1. The summed E-state index contributed by atoms with van der Waals surface area (Å²) in [5.74, 6) is -0.524. The molecular formula is C16H12ClFN2O2S. The summed E-state index contributed by atoms with van der Waals surface area (Å²) in [6, 6.07) is 10.4. The van der Waals surface area contributed by atoms with Gasteiger partial charge in [0, 0.05) is 18.0 Å². The van der Waals surface area contributed by atoms with Crippen LogP contribution in [-0.4, -0.2) is 17.4 Å². The van der Waals surface area contributed by atoms with Gasteiger partial charge in [0.15, 0.2) is 0 Å². The molecule has 23 heavy (non-hydrogen) atoms. The van der Waals surface area contributed by atoms with Crippen LogP contribution in [0.25, 0.3) is 11.3 Å². The first-order chi connectivity index (χ1) is 10.9. The van der Waals surface area contributed by atoms with E-state index in [-0.39, 0.29) is 21.3 Å². The molecule has 3 rings (SSSR count). The molecule has 0 N–H and O–H groups in total. The number of aromatic nitrogens is 2. The second kappa shape index (κ2) is 5.79. The van der Waals surface area contributed by atoms with Crippen molar-refractivity contribution in [3.63, 3.8) is 0 Å². The Labute approximate surface area is 138 Å². The zero-order chi connectivity index (χ0) is 16.6. The number of hydrogen-bond acceptors (Lipinski definition) is 3. The molecule has 3 aromatic rings. The molecule has 0 spiro atoms. The molecule has 0 aliphatic carbocycles. The van der Waals surface area contributed by atoms with Gasteiger partial charge in [-0.15, -0.1) is 0 Å². The SMILES string of the molecule is Cc1cc(-c2ccccc2F)n(S(=O)(=O)c2cccnc2)c1Cl. The minimum Gasteiger partial charge on any atom is -0.263 e. The highest BCUT2D eigenvalue weighted by molar-refractivity contribution is 7.90. The molecule has 4 nitrogen and oxygen atoms in total. The van der Waals surface area contributed by atoms with Crippen molar-refractivity contribution in [3.05, 3.63) is 71.4 Å². The van der Waals surface area contributed by atoms with E-state index in [0.29, 0.717) is 5.56 Å². The Bertz CT molecular complexity index is 969. The smallest absolute Gasteiger partial charge is 0.263 e. The number of pyridine rings is 1. The van der Waals surface area contributed by atoms with Gasteiger partial charge in [-0.1, -0.05) is 23.7 Å². The van der Waals surface area contributed by atoms with E-state index in [1.54, 1.807) is 19.1 Å². The normalized spacial score (nSPS) is 11.6. The molecule has 7 heteroatoms. The van der Waals surface area contributed by atoms with Crippen LogP contribution in [0, 0.1) is 12.7 Å². The summed E-state index contributed by atoms with van der Waals surface area (Å²) in [6.45, 7) is 1.67. The third-order valence-corrected chi connectivity index (χ3v) is 5.66. The van der Waals surface area contributed by atoms with Crippen molar-refractivity contribution < 1.29 is 12.8 Å². The van der Waals surface area contributed by atoms with Crippen LogP contribution in [0.3, 0.4) is 0 Å². The summed E-state index contributed by atoms with van der Waals surface area (Å²) in [4.78, 5) is 3.80. The molecule has 2 aromatic heterocycles. The molecule has 0 aliphatic rings. The van der Waals surface area contributed by atoms with Crippen LogP contribution < -0.4 is 0 Å². The fourth-order valence-electron chi connectivity index (χ4n) is 2.29. The van der Waals surface area contributed by atoms with E-state index in [2.05, 4.69) is 4.98 Å². The van der Waals surface area contributed by atoms with E-state index in [1.807, 2.05) is 0 Å². The maximum Gasteiger partial charge on any atom is 0.270 e. The summed E-state index contributed by atoms with van der Waals surface area (Å²) in [6.07, 6.45) is 2.70. The van der Waals surface area contributed by atoms with Crippen LogP contribution in [0.5, 0.6) is 0 Å². The van der Waals surface area contributed by atoms with Crippen LogP contribution in [0.4, 0.5) is 4.39 Å². The van der Waals surface area contributed by atoms with E-state index >= 15 is 0 Å². The quantitative estimate of drug-likeness (QED) is 0.720. The summed E-state index contributed by atoms with van der Waals surface area (Å²) < 4.78 is 40.8. The maximum atomic E-state index is 14.1. The van der Waals surface area contributed by atoms with Crippen LogP contribution in [-0.2, 0) is 10.0 Å². The molecule has 0 atom stereocenters. The highest BCUT2D eigenvalue weighted by atomic mass is 35.5. The average Bonchev–Trinajstić information content (AvgIpc) is 2.84. The van der Waals surface area contributed by atoms with Crippen molar-refractivity contribution in [1.29, 1.82) is 0 Å². The Hall–Kier alpha value is -2.18. The standard InChI is InChI=1S/C16H12ClFN2O2S/c1-11-9-15(13-6-2-3-7-14(13)18)20(16(11)17)23(21,22)12-5-4-8-19-10-12/h2-10H,1H3. The van der Waals surface area contributed by atoms with E-state index in [9.17, 15) is 12.8 Å².